The zero-order chi connectivity index (χ0) is 22.1. The van der Waals surface area contributed by atoms with E-state index in [4.69, 9.17) is 0 Å². The monoisotopic (exact) mass is 421 g/mol. The van der Waals surface area contributed by atoms with Gasteiger partial charge in [0.05, 0.1) is 5.69 Å². The van der Waals surface area contributed by atoms with E-state index in [2.05, 4.69) is 16.9 Å². The first-order valence-corrected chi connectivity index (χ1v) is 11.0. The van der Waals surface area contributed by atoms with E-state index in [0.717, 1.165) is 60.9 Å². The summed E-state index contributed by atoms with van der Waals surface area (Å²) in [5.74, 6) is 0.123. The van der Waals surface area contributed by atoms with Crippen LogP contribution in [0.5, 0.6) is 0 Å². The average molecular weight is 422 g/mol. The zero-order valence-corrected chi connectivity index (χ0v) is 18.9. The molecule has 1 aromatic carbocycles. The van der Waals surface area contributed by atoms with E-state index in [1.165, 1.54) is 4.52 Å². The van der Waals surface area contributed by atoms with Crippen molar-refractivity contribution in [2.24, 2.45) is 7.05 Å². The Kier molecular flexibility index (Phi) is 5.96. The summed E-state index contributed by atoms with van der Waals surface area (Å²) in [5, 5.41) is 4.62. The molecule has 7 heteroatoms. The molecule has 1 aliphatic heterocycles. The average Bonchev–Trinajstić information content (AvgIpc) is 3.23. The largest absolute Gasteiger partial charge is 0.340 e. The first-order valence-electron chi connectivity index (χ1n) is 11.0. The molecule has 1 fully saturated rings. The van der Waals surface area contributed by atoms with Gasteiger partial charge in [-0.05, 0) is 32.4 Å². The highest BCUT2D eigenvalue weighted by Crippen LogP contribution is 2.23. The number of aryl methyl sites for hydroxylation is 2. The topological polar surface area (TPSA) is 62.9 Å². The second-order valence-electron chi connectivity index (χ2n) is 8.36. The van der Waals surface area contributed by atoms with Crippen molar-refractivity contribution in [2.45, 2.75) is 33.6 Å². The molecule has 0 bridgehead atoms. The minimum Gasteiger partial charge on any atom is -0.340 e. The van der Waals surface area contributed by atoms with Gasteiger partial charge >= 0.3 is 0 Å². The van der Waals surface area contributed by atoms with E-state index >= 15 is 0 Å². The van der Waals surface area contributed by atoms with Crippen LogP contribution >= 0.6 is 0 Å². The first-order chi connectivity index (χ1) is 14.9. The van der Waals surface area contributed by atoms with Crippen molar-refractivity contribution < 1.29 is 4.79 Å². The molecule has 31 heavy (non-hydrogen) atoms. The quantitative estimate of drug-likeness (QED) is 0.635. The van der Waals surface area contributed by atoms with Crippen LogP contribution in [-0.4, -0.2) is 62.6 Å². The molecular weight excluding hydrogens is 390 g/mol. The lowest BCUT2D eigenvalue weighted by Crippen LogP contribution is -2.48. The number of fused-ring (bicyclic) bond motifs is 1. The van der Waals surface area contributed by atoms with Crippen molar-refractivity contribution in [3.05, 3.63) is 57.5 Å². The summed E-state index contributed by atoms with van der Waals surface area (Å²) in [7, 11) is 1.95. The summed E-state index contributed by atoms with van der Waals surface area (Å²) in [6.07, 6.45) is 0.778. The molecule has 1 saturated heterocycles. The lowest BCUT2D eigenvalue weighted by molar-refractivity contribution is -0.132. The number of carbonyl (C=O) groups is 1. The standard InChI is InChI=1S/C24H31N5O2/c1-5-27-12-14-28(15-13-27)23(30)11-10-20-18(3)26(4)22-16-21(25-29(22)24(20)31)19-9-7-6-8-17(19)2/h6-9,16H,5,10-15H2,1-4H3. The number of nitrogens with zero attached hydrogens (tertiary/aromatic N) is 5. The van der Waals surface area contributed by atoms with Gasteiger partial charge in [0.25, 0.3) is 5.56 Å². The number of benzene rings is 1. The smallest absolute Gasteiger partial charge is 0.277 e. The Morgan fingerprint density at radius 1 is 1.10 bits per heavy atom. The summed E-state index contributed by atoms with van der Waals surface area (Å²) in [5.41, 5.74) is 5.10. The van der Waals surface area contributed by atoms with Crippen molar-refractivity contribution >= 4 is 11.6 Å². The van der Waals surface area contributed by atoms with Gasteiger partial charge in [-0.3, -0.25) is 9.59 Å². The minimum absolute atomic E-state index is 0.123. The van der Waals surface area contributed by atoms with Gasteiger partial charge in [-0.15, -0.1) is 0 Å². The Morgan fingerprint density at radius 2 is 1.81 bits per heavy atom. The molecule has 0 atom stereocenters. The Labute approximate surface area is 182 Å². The van der Waals surface area contributed by atoms with Crippen LogP contribution in [0.25, 0.3) is 16.9 Å². The van der Waals surface area contributed by atoms with Crippen molar-refractivity contribution in [3.63, 3.8) is 0 Å². The number of piperazine rings is 1. The van der Waals surface area contributed by atoms with Gasteiger partial charge in [0.2, 0.25) is 5.91 Å². The fourth-order valence-electron chi connectivity index (χ4n) is 4.40. The second-order valence-corrected chi connectivity index (χ2v) is 8.36. The van der Waals surface area contributed by atoms with Crippen molar-refractivity contribution in [3.8, 4) is 11.3 Å². The number of hydrogen-bond donors (Lipinski definition) is 0. The molecule has 4 rings (SSSR count). The summed E-state index contributed by atoms with van der Waals surface area (Å²) in [6, 6.07) is 9.99. The molecule has 3 heterocycles. The fraction of sp³-hybridized carbons (Fsp3) is 0.458. The Balaban J connectivity index is 1.59. The number of amides is 1. The Hall–Kier alpha value is -2.93. The highest BCUT2D eigenvalue weighted by atomic mass is 16.2. The van der Waals surface area contributed by atoms with Crippen molar-refractivity contribution in [1.29, 1.82) is 0 Å². The van der Waals surface area contributed by atoms with E-state index in [1.54, 1.807) is 0 Å². The molecule has 0 N–H and O–H groups in total. The molecule has 0 radical (unpaired) electrons. The number of likely N-dealkylation sites (N-methyl/N-ethyl adjacent to an activating group) is 1. The molecule has 0 spiro atoms. The van der Waals surface area contributed by atoms with Gasteiger partial charge in [0, 0.05) is 62.5 Å². The van der Waals surface area contributed by atoms with Crippen LogP contribution in [-0.2, 0) is 18.3 Å². The SMILES string of the molecule is CCN1CCN(C(=O)CCc2c(C)n(C)c3cc(-c4ccccc4C)nn3c2=O)CC1. The Morgan fingerprint density at radius 3 is 2.48 bits per heavy atom. The minimum atomic E-state index is -0.131. The maximum Gasteiger partial charge on any atom is 0.277 e. The maximum absolute atomic E-state index is 13.3. The predicted octanol–water partition coefficient (Wildman–Crippen LogP) is 2.41. The molecule has 0 unspecified atom stereocenters. The van der Waals surface area contributed by atoms with Gasteiger partial charge in [-0.1, -0.05) is 31.2 Å². The first kappa shape index (κ1) is 21.3. The molecule has 164 valence electrons. The summed E-state index contributed by atoms with van der Waals surface area (Å²) in [6.45, 7) is 10.5. The van der Waals surface area contributed by atoms with E-state index < -0.39 is 0 Å². The summed E-state index contributed by atoms with van der Waals surface area (Å²) >= 11 is 0. The highest BCUT2D eigenvalue weighted by molar-refractivity contribution is 5.76. The third-order valence-corrected chi connectivity index (χ3v) is 6.61. The number of hydrogen-bond acceptors (Lipinski definition) is 4. The van der Waals surface area contributed by atoms with Crippen molar-refractivity contribution in [2.75, 3.05) is 32.7 Å². The molecule has 7 nitrogen and oxygen atoms in total. The lowest BCUT2D eigenvalue weighted by Gasteiger charge is -2.34. The Bertz CT molecular complexity index is 1170. The molecular formula is C24H31N5O2. The lowest BCUT2D eigenvalue weighted by atomic mass is 10.1. The fourth-order valence-corrected chi connectivity index (χ4v) is 4.40. The van der Waals surface area contributed by atoms with Crippen LogP contribution in [0, 0.1) is 13.8 Å². The van der Waals surface area contributed by atoms with E-state index in [9.17, 15) is 9.59 Å². The number of carbonyl (C=O) groups excluding carboxylic acids is 1. The second kappa shape index (κ2) is 8.67. The van der Waals surface area contributed by atoms with Crippen LogP contribution in [0.2, 0.25) is 0 Å². The van der Waals surface area contributed by atoms with Crippen LogP contribution in [0.15, 0.2) is 35.1 Å². The van der Waals surface area contributed by atoms with Crippen LogP contribution in [0.3, 0.4) is 0 Å². The van der Waals surface area contributed by atoms with Crippen LogP contribution in [0.4, 0.5) is 0 Å². The third kappa shape index (κ3) is 4.02. The molecule has 3 aromatic rings. The predicted molar refractivity (Wildman–Crippen MR) is 122 cm³/mol. The normalized spacial score (nSPS) is 15.0. The molecule has 1 aliphatic rings. The van der Waals surface area contributed by atoms with Crippen LogP contribution in [0.1, 0.15) is 30.2 Å². The van der Waals surface area contributed by atoms with Gasteiger partial charge in [0.1, 0.15) is 5.65 Å². The number of aromatic nitrogens is 3. The molecule has 0 aliphatic carbocycles. The van der Waals surface area contributed by atoms with Gasteiger partial charge < -0.3 is 14.4 Å². The van der Waals surface area contributed by atoms with E-state index in [0.29, 0.717) is 18.4 Å². The molecule has 0 saturated carbocycles. The molecule has 1 amide bonds. The highest BCUT2D eigenvalue weighted by Gasteiger charge is 2.22. The third-order valence-electron chi connectivity index (χ3n) is 6.61. The summed E-state index contributed by atoms with van der Waals surface area (Å²) in [4.78, 5) is 30.3. The van der Waals surface area contributed by atoms with Gasteiger partial charge in [0.15, 0.2) is 0 Å². The maximum atomic E-state index is 13.3. The summed E-state index contributed by atoms with van der Waals surface area (Å²) < 4.78 is 3.48. The van der Waals surface area contributed by atoms with E-state index in [1.807, 2.05) is 60.7 Å². The zero-order valence-electron chi connectivity index (χ0n) is 18.9. The molecule has 2 aromatic heterocycles. The number of rotatable bonds is 5. The van der Waals surface area contributed by atoms with Crippen molar-refractivity contribution in [1.82, 2.24) is 24.0 Å². The van der Waals surface area contributed by atoms with Crippen LogP contribution < -0.4 is 5.56 Å². The van der Waals surface area contributed by atoms with Gasteiger partial charge in [-0.2, -0.15) is 9.61 Å². The van der Waals surface area contributed by atoms with E-state index in [-0.39, 0.29) is 11.5 Å². The van der Waals surface area contributed by atoms with Gasteiger partial charge in [-0.25, -0.2) is 0 Å².